The summed E-state index contributed by atoms with van der Waals surface area (Å²) in [6, 6.07) is 8.22. The Balaban J connectivity index is 1.72. The predicted octanol–water partition coefficient (Wildman–Crippen LogP) is 4.13. The Morgan fingerprint density at radius 1 is 0.559 bits per heavy atom. The molecule has 0 bridgehead atoms. The summed E-state index contributed by atoms with van der Waals surface area (Å²) < 4.78 is 0. The van der Waals surface area contributed by atoms with Gasteiger partial charge in [0.05, 0.1) is 11.4 Å². The molecule has 174 valence electrons. The number of amides is 4. The Hall–Kier alpha value is -3.80. The lowest BCUT2D eigenvalue weighted by atomic mass is 9.92. The van der Waals surface area contributed by atoms with E-state index < -0.39 is 0 Å². The van der Waals surface area contributed by atoms with Crippen molar-refractivity contribution in [1.82, 2.24) is 0 Å². The molecule has 0 aromatic heterocycles. The van der Waals surface area contributed by atoms with Crippen molar-refractivity contribution < 1.29 is 19.2 Å². The van der Waals surface area contributed by atoms with Crippen molar-refractivity contribution in [2.45, 2.75) is 53.4 Å². The van der Waals surface area contributed by atoms with E-state index in [1.54, 1.807) is 0 Å². The van der Waals surface area contributed by atoms with E-state index in [9.17, 15) is 19.2 Å². The van der Waals surface area contributed by atoms with Gasteiger partial charge in [0.1, 0.15) is 0 Å². The highest BCUT2D eigenvalue weighted by atomic mass is 16.2. The molecule has 0 atom stereocenters. The Bertz CT molecular complexity index is 1220. The Kier molecular flexibility index (Phi) is 6.33. The molecule has 0 saturated carbocycles. The normalized spacial score (nSPS) is 15.4. The standard InChI is InChI=1S/C28H28N2O4/c1-5-20-14-18(12-17(4)27(20)29-23(31)8-9-24(29)32)13-19-15-21(6-2)28(22(7-3)16-19)30-25(33)10-11-26(30)34/h8-12,14-16H,5-7,13H2,1-4H3. The Morgan fingerprint density at radius 3 is 1.32 bits per heavy atom. The topological polar surface area (TPSA) is 74.8 Å². The number of aryl methyl sites for hydroxylation is 4. The van der Waals surface area contributed by atoms with Gasteiger partial charge in [-0.3, -0.25) is 19.2 Å². The van der Waals surface area contributed by atoms with Gasteiger partial charge in [0.25, 0.3) is 23.6 Å². The molecule has 2 aliphatic heterocycles. The largest absolute Gasteiger partial charge is 0.269 e. The fraction of sp³-hybridized carbons (Fsp3) is 0.286. The van der Waals surface area contributed by atoms with Gasteiger partial charge in [-0.25, -0.2) is 9.80 Å². The minimum atomic E-state index is -0.313. The smallest absolute Gasteiger partial charge is 0.258 e. The van der Waals surface area contributed by atoms with Gasteiger partial charge in [0, 0.05) is 24.3 Å². The number of benzene rings is 2. The molecule has 0 unspecified atom stereocenters. The van der Waals surface area contributed by atoms with Crippen molar-refractivity contribution in [3.63, 3.8) is 0 Å². The van der Waals surface area contributed by atoms with Crippen LogP contribution in [-0.2, 0) is 44.9 Å². The van der Waals surface area contributed by atoms with Crippen molar-refractivity contribution in [2.75, 3.05) is 9.80 Å². The maximum Gasteiger partial charge on any atom is 0.258 e. The van der Waals surface area contributed by atoms with E-state index in [0.717, 1.165) is 33.4 Å². The molecule has 6 heteroatoms. The van der Waals surface area contributed by atoms with Gasteiger partial charge >= 0.3 is 0 Å². The summed E-state index contributed by atoms with van der Waals surface area (Å²) in [5.74, 6) is -1.23. The molecule has 4 rings (SSSR count). The van der Waals surface area contributed by atoms with Gasteiger partial charge in [-0.1, -0.05) is 45.0 Å². The number of nitrogens with zero attached hydrogens (tertiary/aromatic N) is 2. The van der Waals surface area contributed by atoms with Gasteiger partial charge in [0.15, 0.2) is 0 Å². The minimum absolute atomic E-state index is 0.304. The summed E-state index contributed by atoms with van der Waals surface area (Å²) in [5.41, 5.74) is 7.29. The lowest BCUT2D eigenvalue weighted by molar-refractivity contribution is -0.121. The van der Waals surface area contributed by atoms with E-state index in [1.807, 2.05) is 33.8 Å². The summed E-state index contributed by atoms with van der Waals surface area (Å²) in [5, 5.41) is 0. The second-order valence-corrected chi connectivity index (χ2v) is 8.61. The zero-order chi connectivity index (χ0) is 24.6. The molecule has 4 amide bonds. The molecule has 34 heavy (non-hydrogen) atoms. The van der Waals surface area contributed by atoms with E-state index in [0.29, 0.717) is 37.1 Å². The molecule has 0 N–H and O–H groups in total. The predicted molar refractivity (Wildman–Crippen MR) is 132 cm³/mol. The zero-order valence-corrected chi connectivity index (χ0v) is 20.0. The first-order chi connectivity index (χ1) is 16.3. The Morgan fingerprint density at radius 2 is 0.912 bits per heavy atom. The second kappa shape index (κ2) is 9.21. The molecule has 2 aromatic rings. The fourth-order valence-electron chi connectivity index (χ4n) is 4.86. The average Bonchev–Trinajstić information content (AvgIpc) is 3.32. The highest BCUT2D eigenvalue weighted by Gasteiger charge is 2.30. The lowest BCUT2D eigenvalue weighted by Gasteiger charge is -2.23. The molecule has 2 aromatic carbocycles. The second-order valence-electron chi connectivity index (χ2n) is 8.61. The van der Waals surface area contributed by atoms with Gasteiger partial charge in [-0.15, -0.1) is 0 Å². The van der Waals surface area contributed by atoms with E-state index in [-0.39, 0.29) is 23.6 Å². The van der Waals surface area contributed by atoms with E-state index in [2.05, 4.69) is 18.2 Å². The number of imide groups is 2. The van der Waals surface area contributed by atoms with Crippen LogP contribution in [0, 0.1) is 6.92 Å². The monoisotopic (exact) mass is 456 g/mol. The summed E-state index contributed by atoms with van der Waals surface area (Å²) in [6.45, 7) is 7.98. The van der Waals surface area contributed by atoms with Crippen molar-refractivity contribution >= 4 is 35.0 Å². The molecule has 6 nitrogen and oxygen atoms in total. The molecular weight excluding hydrogens is 428 g/mol. The first kappa shape index (κ1) is 23.4. The van der Waals surface area contributed by atoms with Crippen molar-refractivity contribution in [3.05, 3.63) is 82.0 Å². The number of hydrogen-bond acceptors (Lipinski definition) is 4. The summed E-state index contributed by atoms with van der Waals surface area (Å²) in [7, 11) is 0. The number of anilines is 2. The van der Waals surface area contributed by atoms with Crippen LogP contribution in [0.1, 0.15) is 54.2 Å². The molecule has 0 radical (unpaired) electrons. The highest BCUT2D eigenvalue weighted by Crippen LogP contribution is 2.34. The van der Waals surface area contributed by atoms with E-state index in [1.165, 1.54) is 34.1 Å². The molecule has 0 spiro atoms. The number of rotatable bonds is 7. The van der Waals surface area contributed by atoms with Gasteiger partial charge in [-0.2, -0.15) is 0 Å². The number of hydrogen-bond donors (Lipinski definition) is 0. The SMILES string of the molecule is CCc1cc(Cc2cc(CC)c(N3C(=O)C=CC3=O)c(CC)c2)cc(C)c1N1C(=O)C=CC1=O. The fourth-order valence-corrected chi connectivity index (χ4v) is 4.86. The maximum atomic E-state index is 12.4. The third-order valence-electron chi connectivity index (χ3n) is 6.38. The third-order valence-corrected chi connectivity index (χ3v) is 6.38. The van der Waals surface area contributed by atoms with Crippen molar-refractivity contribution in [3.8, 4) is 0 Å². The van der Waals surface area contributed by atoms with Crippen LogP contribution < -0.4 is 9.80 Å². The quantitative estimate of drug-likeness (QED) is 0.587. The van der Waals surface area contributed by atoms with Crippen LogP contribution in [0.5, 0.6) is 0 Å². The van der Waals surface area contributed by atoms with Crippen LogP contribution in [0.15, 0.2) is 48.6 Å². The highest BCUT2D eigenvalue weighted by molar-refractivity contribution is 6.29. The zero-order valence-electron chi connectivity index (χ0n) is 20.0. The van der Waals surface area contributed by atoms with Crippen LogP contribution in [0.2, 0.25) is 0 Å². The molecule has 0 saturated heterocycles. The van der Waals surface area contributed by atoms with Crippen LogP contribution in [-0.4, -0.2) is 23.6 Å². The van der Waals surface area contributed by atoms with E-state index >= 15 is 0 Å². The van der Waals surface area contributed by atoms with Crippen molar-refractivity contribution in [2.24, 2.45) is 0 Å². The molecule has 2 heterocycles. The average molecular weight is 457 g/mol. The van der Waals surface area contributed by atoms with Crippen LogP contribution in [0.4, 0.5) is 11.4 Å². The van der Waals surface area contributed by atoms with Gasteiger partial charge < -0.3 is 0 Å². The number of carbonyl (C=O) groups excluding carboxylic acids is 4. The third kappa shape index (κ3) is 4.00. The van der Waals surface area contributed by atoms with Crippen LogP contribution in [0.3, 0.4) is 0 Å². The molecule has 0 aliphatic carbocycles. The van der Waals surface area contributed by atoms with Gasteiger partial charge in [-0.05, 0) is 66.0 Å². The molecular formula is C28H28N2O4. The Labute approximate surface area is 199 Å². The lowest BCUT2D eigenvalue weighted by Crippen LogP contribution is -2.31. The molecule has 0 fully saturated rings. The molecule has 2 aliphatic rings. The summed E-state index contributed by atoms with van der Waals surface area (Å²) >= 11 is 0. The van der Waals surface area contributed by atoms with Crippen LogP contribution in [0.25, 0.3) is 0 Å². The van der Waals surface area contributed by atoms with Crippen LogP contribution >= 0.6 is 0 Å². The maximum absolute atomic E-state index is 12.4. The number of carbonyl (C=O) groups is 4. The minimum Gasteiger partial charge on any atom is -0.269 e. The summed E-state index contributed by atoms with van der Waals surface area (Å²) in [6.07, 6.45) is 7.98. The summed E-state index contributed by atoms with van der Waals surface area (Å²) in [4.78, 5) is 51.8. The van der Waals surface area contributed by atoms with Crippen molar-refractivity contribution in [1.29, 1.82) is 0 Å². The van der Waals surface area contributed by atoms with Gasteiger partial charge in [0.2, 0.25) is 0 Å². The first-order valence-electron chi connectivity index (χ1n) is 11.7. The first-order valence-corrected chi connectivity index (χ1v) is 11.7. The van der Waals surface area contributed by atoms with E-state index in [4.69, 9.17) is 0 Å².